The molecule has 134 valence electrons. The molecule has 25 heavy (non-hydrogen) atoms. The van der Waals surface area contributed by atoms with Gasteiger partial charge >= 0.3 is 0 Å². The minimum absolute atomic E-state index is 0.553. The third-order valence-corrected chi connectivity index (χ3v) is 4.94. The maximum atomic E-state index is 6.14. The lowest BCUT2D eigenvalue weighted by molar-refractivity contribution is 0.280. The summed E-state index contributed by atoms with van der Waals surface area (Å²) in [4.78, 5) is 0. The van der Waals surface area contributed by atoms with E-state index in [4.69, 9.17) is 9.47 Å². The number of rotatable bonds is 7. The molecule has 1 saturated carbocycles. The van der Waals surface area contributed by atoms with Crippen LogP contribution in [0.3, 0.4) is 0 Å². The smallest absolute Gasteiger partial charge is 0.166 e. The normalized spacial score (nSPS) is 15.6. The Morgan fingerprint density at radius 3 is 2.40 bits per heavy atom. The van der Waals surface area contributed by atoms with Crippen molar-refractivity contribution in [2.24, 2.45) is 0 Å². The Morgan fingerprint density at radius 2 is 1.68 bits per heavy atom. The molecule has 3 nitrogen and oxygen atoms in total. The fraction of sp³-hybridized carbons (Fsp3) is 0.455. The lowest BCUT2D eigenvalue weighted by atomic mass is 10.1. The molecule has 0 heterocycles. The summed E-state index contributed by atoms with van der Waals surface area (Å²) in [5.74, 6) is 1.66. The van der Waals surface area contributed by atoms with Crippen molar-refractivity contribution in [2.45, 2.75) is 57.7 Å². The van der Waals surface area contributed by atoms with Crippen LogP contribution in [-0.4, -0.2) is 13.2 Å². The van der Waals surface area contributed by atoms with Gasteiger partial charge in [0.1, 0.15) is 6.61 Å². The highest BCUT2D eigenvalue weighted by molar-refractivity contribution is 5.46. The third-order valence-electron chi connectivity index (χ3n) is 4.94. The van der Waals surface area contributed by atoms with E-state index in [9.17, 15) is 0 Å². The number of para-hydroxylation sites is 1. The topological polar surface area (TPSA) is 30.5 Å². The van der Waals surface area contributed by atoms with Crippen molar-refractivity contribution in [3.05, 3.63) is 59.7 Å². The van der Waals surface area contributed by atoms with E-state index in [0.29, 0.717) is 12.6 Å². The fourth-order valence-corrected chi connectivity index (χ4v) is 3.49. The van der Waals surface area contributed by atoms with Crippen LogP contribution in [0, 0.1) is 0 Å². The van der Waals surface area contributed by atoms with Gasteiger partial charge in [0.05, 0.1) is 7.11 Å². The molecule has 1 N–H and O–H groups in total. The highest BCUT2D eigenvalue weighted by Crippen LogP contribution is 2.32. The first kappa shape index (κ1) is 17.8. The molecule has 3 rings (SSSR count). The lowest BCUT2D eigenvalue weighted by Crippen LogP contribution is -2.28. The quantitative estimate of drug-likeness (QED) is 0.713. The Hall–Kier alpha value is -2.00. The van der Waals surface area contributed by atoms with Crippen LogP contribution in [0.4, 0.5) is 0 Å². The monoisotopic (exact) mass is 339 g/mol. The van der Waals surface area contributed by atoms with Crippen LogP contribution in [-0.2, 0) is 13.2 Å². The molecule has 0 unspecified atom stereocenters. The Kier molecular flexibility index (Phi) is 6.75. The van der Waals surface area contributed by atoms with Gasteiger partial charge in [0, 0.05) is 18.2 Å². The predicted molar refractivity (Wildman–Crippen MR) is 102 cm³/mol. The van der Waals surface area contributed by atoms with E-state index in [-0.39, 0.29) is 0 Å². The molecule has 0 bridgehead atoms. The van der Waals surface area contributed by atoms with E-state index in [1.54, 1.807) is 7.11 Å². The molecular weight excluding hydrogens is 310 g/mol. The number of methoxy groups -OCH3 is 1. The van der Waals surface area contributed by atoms with Crippen molar-refractivity contribution >= 4 is 0 Å². The van der Waals surface area contributed by atoms with E-state index >= 15 is 0 Å². The molecule has 0 spiro atoms. The molecule has 0 aliphatic heterocycles. The largest absolute Gasteiger partial charge is 0.493 e. The second-order valence-electron chi connectivity index (χ2n) is 6.79. The summed E-state index contributed by atoms with van der Waals surface area (Å²) in [7, 11) is 1.70. The second kappa shape index (κ2) is 9.47. The highest BCUT2D eigenvalue weighted by Gasteiger charge is 2.15. The molecule has 1 aliphatic rings. The molecule has 3 heteroatoms. The second-order valence-corrected chi connectivity index (χ2v) is 6.79. The minimum atomic E-state index is 0.553. The zero-order chi connectivity index (χ0) is 17.3. The number of hydrogen-bond donors (Lipinski definition) is 1. The Bertz CT molecular complexity index is 634. The first-order valence-electron chi connectivity index (χ1n) is 9.43. The molecule has 0 saturated heterocycles. The van der Waals surface area contributed by atoms with Crippen LogP contribution in [0.25, 0.3) is 0 Å². The summed E-state index contributed by atoms with van der Waals surface area (Å²) >= 11 is 0. The Morgan fingerprint density at radius 1 is 0.920 bits per heavy atom. The molecule has 2 aromatic carbocycles. The van der Waals surface area contributed by atoms with Gasteiger partial charge in [-0.15, -0.1) is 0 Å². The van der Waals surface area contributed by atoms with E-state index in [1.165, 1.54) is 44.1 Å². The molecule has 0 atom stereocenters. The molecule has 0 radical (unpaired) electrons. The standard InChI is InChI=1S/C22H29NO2/c1-24-21-15-9-12-19(16-23-20-13-7-2-3-8-14-20)22(21)25-17-18-10-5-4-6-11-18/h4-6,9-12,15,20,23H,2-3,7-8,13-14,16-17H2,1H3. The maximum absolute atomic E-state index is 6.14. The van der Waals surface area contributed by atoms with Crippen LogP contribution >= 0.6 is 0 Å². The van der Waals surface area contributed by atoms with Crippen molar-refractivity contribution in [3.8, 4) is 11.5 Å². The van der Waals surface area contributed by atoms with Crippen LogP contribution in [0.2, 0.25) is 0 Å². The number of benzene rings is 2. The van der Waals surface area contributed by atoms with Gasteiger partial charge < -0.3 is 14.8 Å². The molecule has 0 amide bonds. The van der Waals surface area contributed by atoms with Crippen molar-refractivity contribution in [1.82, 2.24) is 5.32 Å². The van der Waals surface area contributed by atoms with Gasteiger partial charge in [-0.3, -0.25) is 0 Å². The van der Waals surface area contributed by atoms with Gasteiger partial charge in [-0.25, -0.2) is 0 Å². The van der Waals surface area contributed by atoms with E-state index in [1.807, 2.05) is 30.3 Å². The first-order valence-corrected chi connectivity index (χ1v) is 9.43. The van der Waals surface area contributed by atoms with Gasteiger partial charge in [0.15, 0.2) is 11.5 Å². The third kappa shape index (κ3) is 5.23. The van der Waals surface area contributed by atoms with Crippen molar-refractivity contribution in [3.63, 3.8) is 0 Å². The van der Waals surface area contributed by atoms with E-state index < -0.39 is 0 Å². The summed E-state index contributed by atoms with van der Waals surface area (Å²) in [6.45, 7) is 1.38. The van der Waals surface area contributed by atoms with Gasteiger partial charge in [-0.05, 0) is 24.5 Å². The van der Waals surface area contributed by atoms with Crippen molar-refractivity contribution in [1.29, 1.82) is 0 Å². The van der Waals surface area contributed by atoms with Crippen LogP contribution in [0.5, 0.6) is 11.5 Å². The van der Waals surface area contributed by atoms with Gasteiger partial charge in [0.2, 0.25) is 0 Å². The number of hydrogen-bond acceptors (Lipinski definition) is 3. The van der Waals surface area contributed by atoms with Crippen LogP contribution in [0.15, 0.2) is 48.5 Å². The summed E-state index contributed by atoms with van der Waals surface area (Å²) in [6, 6.07) is 17.0. The minimum Gasteiger partial charge on any atom is -0.493 e. The Labute approximate surface area is 151 Å². The van der Waals surface area contributed by atoms with Crippen molar-refractivity contribution in [2.75, 3.05) is 7.11 Å². The molecular formula is C22H29NO2. The van der Waals surface area contributed by atoms with Gasteiger partial charge in [-0.1, -0.05) is 68.1 Å². The Balaban J connectivity index is 1.67. The first-order chi connectivity index (χ1) is 12.4. The van der Waals surface area contributed by atoms with Gasteiger partial charge in [0.25, 0.3) is 0 Å². The highest BCUT2D eigenvalue weighted by atomic mass is 16.5. The average Bonchev–Trinajstić information content (AvgIpc) is 2.94. The molecule has 1 aliphatic carbocycles. The number of ether oxygens (including phenoxy) is 2. The van der Waals surface area contributed by atoms with Crippen molar-refractivity contribution < 1.29 is 9.47 Å². The van der Waals surface area contributed by atoms with E-state index in [2.05, 4.69) is 23.5 Å². The fourth-order valence-electron chi connectivity index (χ4n) is 3.49. The predicted octanol–water partition coefficient (Wildman–Crippen LogP) is 5.09. The summed E-state index contributed by atoms with van der Waals surface area (Å²) in [6.07, 6.45) is 8.00. The molecule has 2 aromatic rings. The zero-order valence-corrected chi connectivity index (χ0v) is 15.2. The molecule has 1 fully saturated rings. The summed E-state index contributed by atoms with van der Waals surface area (Å²) < 4.78 is 11.7. The van der Waals surface area contributed by atoms with Crippen LogP contribution < -0.4 is 14.8 Å². The SMILES string of the molecule is COc1cccc(CNC2CCCCCC2)c1OCc1ccccc1. The molecule has 0 aromatic heterocycles. The van der Waals surface area contributed by atoms with E-state index in [0.717, 1.165) is 23.6 Å². The zero-order valence-electron chi connectivity index (χ0n) is 15.2. The maximum Gasteiger partial charge on any atom is 0.166 e. The summed E-state index contributed by atoms with van der Waals surface area (Å²) in [5.41, 5.74) is 2.33. The van der Waals surface area contributed by atoms with Gasteiger partial charge in [-0.2, -0.15) is 0 Å². The van der Waals surface area contributed by atoms with Crippen LogP contribution in [0.1, 0.15) is 49.7 Å². The number of nitrogens with one attached hydrogen (secondary N) is 1. The lowest BCUT2D eigenvalue weighted by Gasteiger charge is -2.19. The average molecular weight is 339 g/mol. The summed E-state index contributed by atoms with van der Waals surface area (Å²) in [5, 5.41) is 3.73.